The Balaban J connectivity index is 3.21. The lowest BCUT2D eigenvalue weighted by Gasteiger charge is -2.01. The number of carboxylic acids is 1. The number of unbranched alkanes of at least 4 members (excludes halogenated alkanes) is 11. The minimum Gasteiger partial charge on any atom is -0.478 e. The topological polar surface area (TPSA) is 37.3 Å². The Morgan fingerprint density at radius 1 is 0.727 bits per heavy atom. The van der Waals surface area contributed by atoms with E-state index in [9.17, 15) is 4.79 Å². The Morgan fingerprint density at radius 2 is 1.23 bits per heavy atom. The Morgan fingerprint density at radius 3 is 1.77 bits per heavy atom. The minimum absolute atomic E-state index is 0.908. The molecule has 0 bridgehead atoms. The largest absolute Gasteiger partial charge is 0.478 e. The molecule has 0 saturated heterocycles. The summed E-state index contributed by atoms with van der Waals surface area (Å²) in [5.41, 5.74) is 0. The molecule has 0 aromatic heterocycles. The van der Waals surface area contributed by atoms with E-state index in [0.29, 0.717) is 0 Å². The van der Waals surface area contributed by atoms with Crippen LogP contribution in [0.25, 0.3) is 0 Å². The van der Waals surface area contributed by atoms with E-state index in [1.165, 1.54) is 76.7 Å². The molecule has 126 valence electrons. The molecule has 0 saturated carbocycles. The van der Waals surface area contributed by atoms with Crippen LogP contribution in [0.4, 0.5) is 0 Å². The van der Waals surface area contributed by atoms with E-state index in [-0.39, 0.29) is 0 Å². The van der Waals surface area contributed by atoms with E-state index in [0.717, 1.165) is 12.5 Å². The van der Waals surface area contributed by atoms with Gasteiger partial charge in [-0.05, 0) is 12.8 Å². The molecule has 0 radical (unpaired) electrons. The normalized spacial score (nSPS) is 12.0. The first-order valence-electron chi connectivity index (χ1n) is 9.00. The molecule has 1 N–H and O–H groups in total. The van der Waals surface area contributed by atoms with Crippen LogP contribution in [0.1, 0.15) is 84.0 Å². The van der Waals surface area contributed by atoms with Crippen LogP contribution in [-0.2, 0) is 4.79 Å². The average molecular weight is 306 g/mol. The number of carbonyl (C=O) groups is 1. The van der Waals surface area contributed by atoms with Gasteiger partial charge in [0.1, 0.15) is 0 Å². The van der Waals surface area contributed by atoms with Crippen LogP contribution >= 0.6 is 0 Å². The molecule has 0 aromatic carbocycles. The van der Waals surface area contributed by atoms with Gasteiger partial charge in [-0.1, -0.05) is 102 Å². The van der Waals surface area contributed by atoms with Crippen molar-refractivity contribution in [3.8, 4) is 0 Å². The van der Waals surface area contributed by atoms with Crippen LogP contribution in [0.5, 0.6) is 0 Å². The predicted octanol–water partition coefficient (Wildman–Crippen LogP) is 6.44. The van der Waals surface area contributed by atoms with Gasteiger partial charge in [0.25, 0.3) is 0 Å². The van der Waals surface area contributed by atoms with Crippen molar-refractivity contribution < 1.29 is 9.90 Å². The lowest BCUT2D eigenvalue weighted by Crippen LogP contribution is -1.84. The third-order valence-corrected chi connectivity index (χ3v) is 3.68. The zero-order valence-corrected chi connectivity index (χ0v) is 14.3. The quantitative estimate of drug-likeness (QED) is 0.215. The third-order valence-electron chi connectivity index (χ3n) is 3.68. The van der Waals surface area contributed by atoms with Gasteiger partial charge in [0.15, 0.2) is 0 Å². The summed E-state index contributed by atoms with van der Waals surface area (Å²) in [6, 6.07) is 0. The third kappa shape index (κ3) is 18.7. The molecule has 0 amide bonds. The van der Waals surface area contributed by atoms with Crippen molar-refractivity contribution in [1.29, 1.82) is 0 Å². The fraction of sp³-hybridized carbons (Fsp3) is 0.650. The highest BCUT2D eigenvalue weighted by molar-refractivity contribution is 5.80. The van der Waals surface area contributed by atoms with Gasteiger partial charge in [-0.3, -0.25) is 0 Å². The summed E-state index contributed by atoms with van der Waals surface area (Å²) < 4.78 is 0. The van der Waals surface area contributed by atoms with Crippen LogP contribution in [0, 0.1) is 0 Å². The maximum atomic E-state index is 10.2. The van der Waals surface area contributed by atoms with Gasteiger partial charge in [-0.2, -0.15) is 0 Å². The predicted molar refractivity (Wildman–Crippen MR) is 96.1 cm³/mol. The van der Waals surface area contributed by atoms with Crippen LogP contribution in [-0.4, -0.2) is 11.1 Å². The van der Waals surface area contributed by atoms with Gasteiger partial charge >= 0.3 is 5.97 Å². The van der Waals surface area contributed by atoms with E-state index in [2.05, 4.69) is 13.0 Å². The number of rotatable bonds is 15. The first-order chi connectivity index (χ1) is 10.8. The minimum atomic E-state index is -0.908. The van der Waals surface area contributed by atoms with E-state index < -0.39 is 5.97 Å². The summed E-state index contributed by atoms with van der Waals surface area (Å²) in [6.45, 7) is 2.27. The lowest BCUT2D eigenvalue weighted by molar-refractivity contribution is -0.131. The standard InChI is InChI=1S/C20H34O2/c1-2-3-4-5-6-7-8-9-10-11-12-13-14-15-16-17-18-19-20(21)22/h14-19H,2-13H2,1H3,(H,21,22)/b15-14?,17-16+,19-18+. The maximum Gasteiger partial charge on any atom is 0.328 e. The van der Waals surface area contributed by atoms with E-state index in [1.54, 1.807) is 6.08 Å². The lowest BCUT2D eigenvalue weighted by atomic mass is 10.1. The first-order valence-corrected chi connectivity index (χ1v) is 9.00. The summed E-state index contributed by atoms with van der Waals surface area (Å²) in [4.78, 5) is 10.2. The molecule has 0 spiro atoms. The summed E-state index contributed by atoms with van der Waals surface area (Å²) >= 11 is 0. The maximum absolute atomic E-state index is 10.2. The van der Waals surface area contributed by atoms with Crippen LogP contribution in [0.3, 0.4) is 0 Å². The van der Waals surface area contributed by atoms with Crippen molar-refractivity contribution >= 4 is 5.97 Å². The highest BCUT2D eigenvalue weighted by Gasteiger charge is 1.92. The van der Waals surface area contributed by atoms with Gasteiger partial charge in [0.05, 0.1) is 0 Å². The first kappa shape index (κ1) is 20.7. The molecule has 22 heavy (non-hydrogen) atoms. The summed E-state index contributed by atoms with van der Waals surface area (Å²) in [7, 11) is 0. The van der Waals surface area contributed by atoms with Crippen LogP contribution in [0.15, 0.2) is 36.5 Å². The van der Waals surface area contributed by atoms with Crippen LogP contribution in [0.2, 0.25) is 0 Å². The van der Waals surface area contributed by atoms with Gasteiger partial charge < -0.3 is 5.11 Å². The second-order valence-corrected chi connectivity index (χ2v) is 5.83. The summed E-state index contributed by atoms with van der Waals surface area (Å²) in [5, 5.41) is 8.40. The molecule has 0 fully saturated rings. The monoisotopic (exact) mass is 306 g/mol. The Bertz CT molecular complexity index is 327. The molecule has 0 rings (SSSR count). The zero-order valence-electron chi connectivity index (χ0n) is 14.3. The molecule has 2 nitrogen and oxygen atoms in total. The molecule has 0 heterocycles. The molecular weight excluding hydrogens is 272 g/mol. The molecule has 0 aromatic rings. The van der Waals surface area contributed by atoms with Crippen LogP contribution < -0.4 is 0 Å². The SMILES string of the molecule is CCCCCCCCCCCCCC=C/C=C/C=C/C(=O)O. The fourth-order valence-corrected chi connectivity index (χ4v) is 2.37. The second kappa shape index (κ2) is 17.7. The summed E-state index contributed by atoms with van der Waals surface area (Å²) in [6.07, 6.45) is 26.7. The number of hydrogen-bond donors (Lipinski definition) is 1. The molecule has 0 atom stereocenters. The molecular formula is C20H34O2. The molecule has 2 heteroatoms. The van der Waals surface area contributed by atoms with E-state index >= 15 is 0 Å². The van der Waals surface area contributed by atoms with Crippen molar-refractivity contribution in [2.45, 2.75) is 84.0 Å². The van der Waals surface area contributed by atoms with Crippen molar-refractivity contribution in [3.63, 3.8) is 0 Å². The highest BCUT2D eigenvalue weighted by Crippen LogP contribution is 2.11. The number of aliphatic carboxylic acids is 1. The Kier molecular flexibility index (Phi) is 16.7. The smallest absolute Gasteiger partial charge is 0.328 e. The number of allylic oxidation sites excluding steroid dienone is 5. The van der Waals surface area contributed by atoms with Crippen molar-refractivity contribution in [2.75, 3.05) is 0 Å². The highest BCUT2D eigenvalue weighted by atomic mass is 16.4. The van der Waals surface area contributed by atoms with Gasteiger partial charge in [-0.15, -0.1) is 0 Å². The van der Waals surface area contributed by atoms with Gasteiger partial charge in [-0.25, -0.2) is 4.79 Å². The molecule has 0 aliphatic rings. The Labute approximate surface area is 137 Å². The molecule has 0 aliphatic carbocycles. The zero-order chi connectivity index (χ0) is 16.3. The van der Waals surface area contributed by atoms with Gasteiger partial charge in [0.2, 0.25) is 0 Å². The number of carboxylic acid groups (broad SMARTS) is 1. The van der Waals surface area contributed by atoms with Crippen molar-refractivity contribution in [3.05, 3.63) is 36.5 Å². The van der Waals surface area contributed by atoms with E-state index in [4.69, 9.17) is 5.11 Å². The number of hydrogen-bond acceptors (Lipinski definition) is 1. The second-order valence-electron chi connectivity index (χ2n) is 5.83. The average Bonchev–Trinajstić information content (AvgIpc) is 2.50. The van der Waals surface area contributed by atoms with Gasteiger partial charge in [0, 0.05) is 6.08 Å². The Hall–Kier alpha value is -1.31. The summed E-state index contributed by atoms with van der Waals surface area (Å²) in [5.74, 6) is -0.908. The fourth-order valence-electron chi connectivity index (χ4n) is 2.37. The van der Waals surface area contributed by atoms with E-state index in [1.807, 2.05) is 12.2 Å². The molecule has 0 unspecified atom stereocenters. The van der Waals surface area contributed by atoms with Crippen molar-refractivity contribution in [1.82, 2.24) is 0 Å². The molecule has 0 aliphatic heterocycles. The van der Waals surface area contributed by atoms with Crippen molar-refractivity contribution in [2.24, 2.45) is 0 Å².